The number of nitrogens with one attached hydrogen (secondary N) is 1. The van der Waals surface area contributed by atoms with E-state index in [-0.39, 0.29) is 17.9 Å². The van der Waals surface area contributed by atoms with Crippen molar-refractivity contribution in [2.75, 3.05) is 38.6 Å². The molecule has 0 bridgehead atoms. The van der Waals surface area contributed by atoms with E-state index < -0.39 is 0 Å². The number of carbonyl (C=O) groups is 2. The smallest absolute Gasteiger partial charge is 0.241 e. The Labute approximate surface area is 165 Å². The number of anilines is 1. The van der Waals surface area contributed by atoms with Crippen LogP contribution in [0.1, 0.15) is 32.6 Å². The van der Waals surface area contributed by atoms with Gasteiger partial charge < -0.3 is 15.0 Å². The zero-order chi connectivity index (χ0) is 19.4. The average Bonchev–Trinajstić information content (AvgIpc) is 3.22. The molecule has 1 N–H and O–H groups in total. The Morgan fingerprint density at radius 1 is 1.19 bits per heavy atom. The highest BCUT2D eigenvalue weighted by atomic mass is 35.5. The Bertz CT molecular complexity index is 683. The van der Waals surface area contributed by atoms with Crippen molar-refractivity contribution in [1.82, 2.24) is 9.80 Å². The molecular weight excluding hydrogens is 366 g/mol. The number of hydrogen-bond donors (Lipinski definition) is 1. The lowest BCUT2D eigenvalue weighted by atomic mass is 9.94. The number of likely N-dealkylation sites (tertiary alicyclic amines) is 2. The number of carbonyl (C=O) groups excluding carboxylic acids is 2. The van der Waals surface area contributed by atoms with Crippen molar-refractivity contribution in [3.8, 4) is 5.75 Å². The van der Waals surface area contributed by atoms with Gasteiger partial charge in [0.15, 0.2) is 0 Å². The highest BCUT2D eigenvalue weighted by Gasteiger charge is 2.32. The molecule has 0 aromatic heterocycles. The number of ether oxygens (including phenoxy) is 1. The molecule has 0 spiro atoms. The number of benzene rings is 1. The van der Waals surface area contributed by atoms with Crippen LogP contribution in [0.2, 0.25) is 5.02 Å². The van der Waals surface area contributed by atoms with E-state index >= 15 is 0 Å². The zero-order valence-corrected chi connectivity index (χ0v) is 16.8. The highest BCUT2D eigenvalue weighted by Crippen LogP contribution is 2.28. The molecule has 7 heteroatoms. The molecule has 2 saturated heterocycles. The number of methoxy groups -OCH3 is 1. The van der Waals surface area contributed by atoms with Crippen LogP contribution in [0.15, 0.2) is 18.2 Å². The summed E-state index contributed by atoms with van der Waals surface area (Å²) in [6, 6.07) is 4.94. The first-order valence-electron chi connectivity index (χ1n) is 9.67. The van der Waals surface area contributed by atoms with Crippen molar-refractivity contribution in [2.24, 2.45) is 5.92 Å². The Morgan fingerprint density at radius 2 is 1.85 bits per heavy atom. The Morgan fingerprint density at radius 3 is 2.44 bits per heavy atom. The summed E-state index contributed by atoms with van der Waals surface area (Å²) >= 11 is 6.12. The highest BCUT2D eigenvalue weighted by molar-refractivity contribution is 6.32. The van der Waals surface area contributed by atoms with Gasteiger partial charge in [0.2, 0.25) is 11.8 Å². The second-order valence-corrected chi connectivity index (χ2v) is 7.76. The Hall–Kier alpha value is -1.79. The minimum absolute atomic E-state index is 0.0689. The summed E-state index contributed by atoms with van der Waals surface area (Å²) in [4.78, 5) is 29.3. The van der Waals surface area contributed by atoms with Crippen LogP contribution in [-0.2, 0) is 9.59 Å². The second kappa shape index (κ2) is 8.93. The summed E-state index contributed by atoms with van der Waals surface area (Å²) in [5.74, 6) is 0.917. The summed E-state index contributed by atoms with van der Waals surface area (Å²) in [6.07, 6.45) is 3.89. The molecule has 2 amide bonds. The molecule has 0 radical (unpaired) electrons. The number of halogens is 1. The summed E-state index contributed by atoms with van der Waals surface area (Å²) in [7, 11) is 1.56. The summed E-state index contributed by atoms with van der Waals surface area (Å²) in [5.41, 5.74) is 0.650. The van der Waals surface area contributed by atoms with Gasteiger partial charge in [0.25, 0.3) is 0 Å². The SMILES string of the molecule is COc1ccc(NC(=O)[C@H](C)N2CCC(C(=O)N3CCCC3)CC2)cc1Cl. The molecule has 2 aliphatic heterocycles. The first-order chi connectivity index (χ1) is 13.0. The molecule has 0 unspecified atom stereocenters. The fourth-order valence-electron chi connectivity index (χ4n) is 3.89. The van der Waals surface area contributed by atoms with E-state index in [1.54, 1.807) is 25.3 Å². The minimum atomic E-state index is -0.256. The van der Waals surface area contributed by atoms with Crippen LogP contribution in [-0.4, -0.2) is 60.9 Å². The van der Waals surface area contributed by atoms with E-state index in [1.165, 1.54) is 0 Å². The first kappa shape index (κ1) is 20.0. The van der Waals surface area contributed by atoms with Gasteiger partial charge in [-0.05, 0) is 63.9 Å². The molecule has 2 aliphatic rings. The van der Waals surface area contributed by atoms with Crippen LogP contribution in [0.25, 0.3) is 0 Å². The zero-order valence-electron chi connectivity index (χ0n) is 16.0. The van der Waals surface area contributed by atoms with Gasteiger partial charge in [-0.1, -0.05) is 11.6 Å². The molecule has 148 valence electrons. The third-order valence-electron chi connectivity index (χ3n) is 5.64. The van der Waals surface area contributed by atoms with E-state index in [0.29, 0.717) is 22.4 Å². The van der Waals surface area contributed by atoms with E-state index in [2.05, 4.69) is 10.2 Å². The van der Waals surface area contributed by atoms with Gasteiger partial charge in [0.1, 0.15) is 5.75 Å². The van der Waals surface area contributed by atoms with E-state index in [9.17, 15) is 9.59 Å². The maximum absolute atomic E-state index is 12.6. The molecule has 1 atom stereocenters. The maximum Gasteiger partial charge on any atom is 0.241 e. The largest absolute Gasteiger partial charge is 0.495 e. The van der Waals surface area contributed by atoms with E-state index in [0.717, 1.165) is 51.9 Å². The summed E-state index contributed by atoms with van der Waals surface area (Å²) in [5, 5.41) is 3.38. The second-order valence-electron chi connectivity index (χ2n) is 7.36. The van der Waals surface area contributed by atoms with Gasteiger partial charge in [-0.2, -0.15) is 0 Å². The number of amides is 2. The van der Waals surface area contributed by atoms with E-state index in [4.69, 9.17) is 16.3 Å². The third kappa shape index (κ3) is 4.74. The number of hydrogen-bond acceptors (Lipinski definition) is 4. The van der Waals surface area contributed by atoms with Crippen LogP contribution < -0.4 is 10.1 Å². The van der Waals surface area contributed by atoms with Gasteiger partial charge >= 0.3 is 0 Å². The van der Waals surface area contributed by atoms with Gasteiger partial charge in [0.05, 0.1) is 18.2 Å². The Balaban J connectivity index is 1.51. The van der Waals surface area contributed by atoms with Crippen LogP contribution in [0.4, 0.5) is 5.69 Å². The first-order valence-corrected chi connectivity index (χ1v) is 10.0. The quantitative estimate of drug-likeness (QED) is 0.835. The number of nitrogens with zero attached hydrogens (tertiary/aromatic N) is 2. The minimum Gasteiger partial charge on any atom is -0.495 e. The fourth-order valence-corrected chi connectivity index (χ4v) is 4.14. The monoisotopic (exact) mass is 393 g/mol. The normalized spacial score (nSPS) is 19.7. The van der Waals surface area contributed by atoms with Crippen molar-refractivity contribution < 1.29 is 14.3 Å². The molecule has 3 rings (SSSR count). The summed E-state index contributed by atoms with van der Waals surface area (Å²) in [6.45, 7) is 5.25. The van der Waals surface area contributed by atoms with Crippen LogP contribution in [0, 0.1) is 5.92 Å². The molecule has 0 saturated carbocycles. The van der Waals surface area contributed by atoms with Crippen molar-refractivity contribution >= 4 is 29.1 Å². The predicted molar refractivity (Wildman–Crippen MR) is 106 cm³/mol. The lowest BCUT2D eigenvalue weighted by Gasteiger charge is -2.36. The molecule has 1 aromatic rings. The fraction of sp³-hybridized carbons (Fsp3) is 0.600. The van der Waals surface area contributed by atoms with Crippen molar-refractivity contribution in [2.45, 2.75) is 38.6 Å². The molecule has 0 aliphatic carbocycles. The van der Waals surface area contributed by atoms with Crippen LogP contribution >= 0.6 is 11.6 Å². The molecule has 1 aromatic carbocycles. The van der Waals surface area contributed by atoms with Crippen LogP contribution in [0.5, 0.6) is 5.75 Å². The Kier molecular flexibility index (Phi) is 6.60. The lowest BCUT2D eigenvalue weighted by Crippen LogP contribution is -2.48. The third-order valence-corrected chi connectivity index (χ3v) is 5.94. The van der Waals surface area contributed by atoms with Crippen molar-refractivity contribution in [1.29, 1.82) is 0 Å². The summed E-state index contributed by atoms with van der Waals surface area (Å²) < 4.78 is 5.13. The maximum atomic E-state index is 12.6. The topological polar surface area (TPSA) is 61.9 Å². The van der Waals surface area contributed by atoms with Gasteiger partial charge in [0, 0.05) is 24.7 Å². The number of rotatable bonds is 5. The van der Waals surface area contributed by atoms with Crippen molar-refractivity contribution in [3.05, 3.63) is 23.2 Å². The predicted octanol–water partition coefficient (Wildman–Crippen LogP) is 3.01. The van der Waals surface area contributed by atoms with Gasteiger partial charge in [-0.15, -0.1) is 0 Å². The molecular formula is C20H28ClN3O3. The lowest BCUT2D eigenvalue weighted by molar-refractivity contribution is -0.136. The molecule has 2 fully saturated rings. The molecule has 6 nitrogen and oxygen atoms in total. The van der Waals surface area contributed by atoms with Gasteiger partial charge in [-0.3, -0.25) is 14.5 Å². The molecule has 2 heterocycles. The number of piperidine rings is 1. The van der Waals surface area contributed by atoms with Gasteiger partial charge in [-0.25, -0.2) is 0 Å². The molecule has 27 heavy (non-hydrogen) atoms. The van der Waals surface area contributed by atoms with E-state index in [1.807, 2.05) is 11.8 Å². The standard InChI is InChI=1S/C20H28ClN3O3/c1-14(19(25)22-16-5-6-18(27-2)17(21)13-16)23-11-7-15(8-12-23)20(26)24-9-3-4-10-24/h5-6,13-15H,3-4,7-12H2,1-2H3,(H,22,25)/t14-/m0/s1. The van der Waals surface area contributed by atoms with Crippen molar-refractivity contribution in [3.63, 3.8) is 0 Å². The average molecular weight is 394 g/mol. The van der Waals surface area contributed by atoms with Crippen LogP contribution in [0.3, 0.4) is 0 Å².